The fourth-order valence-corrected chi connectivity index (χ4v) is 6.54. The Bertz CT molecular complexity index is 495. The van der Waals surface area contributed by atoms with Crippen LogP contribution < -0.4 is 10.6 Å². The second kappa shape index (κ2) is 8.08. The molecular weight excluding hydrogens is 324 g/mol. The first-order valence-corrected chi connectivity index (χ1v) is 11.9. The zero-order valence-electron chi connectivity index (χ0n) is 13.1. The standard InChI is InChI=1S/C14H28N2O4S2/c17-21(18)9-5-13(11-21)15-7-3-1-2-4-8-16-14-6-10-22(19,20)12-14/h13-16H,1-12H2. The minimum absolute atomic E-state index is 0.149. The van der Waals surface area contributed by atoms with E-state index in [0.29, 0.717) is 23.0 Å². The van der Waals surface area contributed by atoms with E-state index in [9.17, 15) is 16.8 Å². The van der Waals surface area contributed by atoms with Gasteiger partial charge >= 0.3 is 0 Å². The van der Waals surface area contributed by atoms with Crippen LogP contribution in [0.5, 0.6) is 0 Å². The summed E-state index contributed by atoms with van der Waals surface area (Å²) in [6.07, 6.45) is 5.87. The van der Waals surface area contributed by atoms with Crippen molar-refractivity contribution in [2.24, 2.45) is 0 Å². The number of hydrogen-bond acceptors (Lipinski definition) is 6. The lowest BCUT2D eigenvalue weighted by Gasteiger charge is -2.11. The van der Waals surface area contributed by atoms with Crippen LogP contribution in [0.25, 0.3) is 0 Å². The Morgan fingerprint density at radius 2 is 1.09 bits per heavy atom. The summed E-state index contributed by atoms with van der Waals surface area (Å²) in [5.74, 6) is 1.24. The van der Waals surface area contributed by atoms with Crippen LogP contribution >= 0.6 is 0 Å². The highest BCUT2D eigenvalue weighted by molar-refractivity contribution is 7.91. The maximum absolute atomic E-state index is 11.3. The molecule has 2 aliphatic rings. The molecule has 130 valence electrons. The molecule has 2 atom stereocenters. The smallest absolute Gasteiger partial charge is 0.151 e. The van der Waals surface area contributed by atoms with E-state index in [0.717, 1.165) is 51.6 Å². The Morgan fingerprint density at radius 1 is 0.682 bits per heavy atom. The van der Waals surface area contributed by atoms with Crippen molar-refractivity contribution in [3.8, 4) is 0 Å². The summed E-state index contributed by atoms with van der Waals surface area (Å²) in [6.45, 7) is 1.77. The SMILES string of the molecule is O=S1(=O)CCC(NCCCCCCNC2CCS(=O)(=O)C2)C1. The fraction of sp³-hybridized carbons (Fsp3) is 1.00. The number of unbranched alkanes of at least 4 members (excludes halogenated alkanes) is 3. The second-order valence-corrected chi connectivity index (χ2v) is 11.0. The van der Waals surface area contributed by atoms with Crippen molar-refractivity contribution in [2.45, 2.75) is 50.6 Å². The summed E-state index contributed by atoms with van der Waals surface area (Å²) in [6, 6.07) is 0.298. The van der Waals surface area contributed by atoms with Gasteiger partial charge in [0.2, 0.25) is 0 Å². The van der Waals surface area contributed by atoms with Crippen molar-refractivity contribution < 1.29 is 16.8 Å². The molecule has 0 saturated carbocycles. The average molecular weight is 353 g/mol. The molecule has 0 bridgehead atoms. The number of nitrogens with one attached hydrogen (secondary N) is 2. The Hall–Kier alpha value is -0.180. The van der Waals surface area contributed by atoms with Crippen LogP contribution in [0, 0.1) is 0 Å². The molecule has 22 heavy (non-hydrogen) atoms. The third kappa shape index (κ3) is 6.52. The monoisotopic (exact) mass is 352 g/mol. The predicted octanol–water partition coefficient (Wildman–Crippen LogP) is 0.100. The minimum Gasteiger partial charge on any atom is -0.313 e. The van der Waals surface area contributed by atoms with E-state index in [1.165, 1.54) is 0 Å². The van der Waals surface area contributed by atoms with Gasteiger partial charge in [-0.25, -0.2) is 16.8 Å². The van der Waals surface area contributed by atoms with E-state index in [4.69, 9.17) is 0 Å². The van der Waals surface area contributed by atoms with Crippen molar-refractivity contribution in [3.05, 3.63) is 0 Å². The van der Waals surface area contributed by atoms with E-state index in [1.54, 1.807) is 0 Å². The molecule has 6 nitrogen and oxygen atoms in total. The van der Waals surface area contributed by atoms with E-state index in [1.807, 2.05) is 0 Å². The zero-order chi connectivity index (χ0) is 16.1. The molecule has 8 heteroatoms. The first-order chi connectivity index (χ1) is 10.4. The van der Waals surface area contributed by atoms with E-state index >= 15 is 0 Å². The molecule has 0 amide bonds. The van der Waals surface area contributed by atoms with Crippen LogP contribution in [-0.2, 0) is 19.7 Å². The lowest BCUT2D eigenvalue weighted by atomic mass is 10.1. The Kier molecular flexibility index (Phi) is 6.67. The quantitative estimate of drug-likeness (QED) is 0.572. The van der Waals surface area contributed by atoms with Crippen molar-refractivity contribution in [1.82, 2.24) is 10.6 Å². The van der Waals surface area contributed by atoms with Crippen molar-refractivity contribution in [2.75, 3.05) is 36.1 Å². The molecule has 2 N–H and O–H groups in total. The van der Waals surface area contributed by atoms with Gasteiger partial charge in [0.1, 0.15) is 0 Å². The third-order valence-corrected chi connectivity index (χ3v) is 7.97. The molecule has 0 aromatic rings. The van der Waals surface area contributed by atoms with Gasteiger partial charge in [-0.15, -0.1) is 0 Å². The minimum atomic E-state index is -2.78. The number of sulfone groups is 2. The molecule has 2 rings (SSSR count). The first-order valence-electron chi connectivity index (χ1n) is 8.24. The maximum atomic E-state index is 11.3. The molecule has 0 aromatic carbocycles. The highest BCUT2D eigenvalue weighted by Gasteiger charge is 2.27. The Labute approximate surface area is 134 Å². The van der Waals surface area contributed by atoms with Gasteiger partial charge in [-0.1, -0.05) is 12.8 Å². The highest BCUT2D eigenvalue weighted by Crippen LogP contribution is 2.12. The van der Waals surface area contributed by atoms with Crippen molar-refractivity contribution in [3.63, 3.8) is 0 Å². The zero-order valence-corrected chi connectivity index (χ0v) is 14.7. The molecule has 0 aliphatic carbocycles. The molecule has 0 aromatic heterocycles. The van der Waals surface area contributed by atoms with Crippen LogP contribution in [0.15, 0.2) is 0 Å². The van der Waals surface area contributed by atoms with E-state index < -0.39 is 19.7 Å². The van der Waals surface area contributed by atoms with Gasteiger partial charge in [-0.05, 0) is 38.8 Å². The van der Waals surface area contributed by atoms with Gasteiger partial charge in [0.25, 0.3) is 0 Å². The van der Waals surface area contributed by atoms with Crippen molar-refractivity contribution >= 4 is 19.7 Å². The van der Waals surface area contributed by atoms with E-state index in [2.05, 4.69) is 10.6 Å². The van der Waals surface area contributed by atoms with Gasteiger partial charge in [0.05, 0.1) is 23.0 Å². The molecule has 2 unspecified atom stereocenters. The molecule has 0 radical (unpaired) electrons. The topological polar surface area (TPSA) is 92.3 Å². The van der Waals surface area contributed by atoms with E-state index in [-0.39, 0.29) is 12.1 Å². The lowest BCUT2D eigenvalue weighted by molar-refractivity contribution is 0.500. The van der Waals surface area contributed by atoms with Gasteiger partial charge in [-0.3, -0.25) is 0 Å². The Morgan fingerprint density at radius 3 is 1.41 bits per heavy atom. The molecule has 2 saturated heterocycles. The van der Waals surface area contributed by atoms with Crippen LogP contribution in [0.3, 0.4) is 0 Å². The van der Waals surface area contributed by atoms with Gasteiger partial charge in [0, 0.05) is 12.1 Å². The normalized spacial score (nSPS) is 29.8. The molecule has 2 fully saturated rings. The lowest BCUT2D eigenvalue weighted by Crippen LogP contribution is -2.31. The van der Waals surface area contributed by atoms with Gasteiger partial charge in [-0.2, -0.15) is 0 Å². The Balaban J connectivity index is 1.41. The molecule has 2 heterocycles. The highest BCUT2D eigenvalue weighted by atomic mass is 32.2. The van der Waals surface area contributed by atoms with Crippen LogP contribution in [-0.4, -0.2) is 65.0 Å². The number of hydrogen-bond donors (Lipinski definition) is 2. The summed E-state index contributed by atoms with van der Waals surface area (Å²) in [7, 11) is -5.56. The summed E-state index contributed by atoms with van der Waals surface area (Å²) in [5.41, 5.74) is 0. The van der Waals surface area contributed by atoms with Crippen molar-refractivity contribution in [1.29, 1.82) is 0 Å². The average Bonchev–Trinajstić information content (AvgIpc) is 2.95. The second-order valence-electron chi connectivity index (χ2n) is 6.52. The predicted molar refractivity (Wildman–Crippen MR) is 88.6 cm³/mol. The first kappa shape index (κ1) is 18.2. The molecule has 2 aliphatic heterocycles. The summed E-state index contributed by atoms with van der Waals surface area (Å²) < 4.78 is 45.3. The van der Waals surface area contributed by atoms with Crippen LogP contribution in [0.1, 0.15) is 38.5 Å². The third-order valence-electron chi connectivity index (χ3n) is 4.43. The summed E-state index contributed by atoms with van der Waals surface area (Å²) in [5, 5.41) is 6.64. The van der Waals surface area contributed by atoms with Gasteiger partial charge in [0.15, 0.2) is 19.7 Å². The molecule has 0 spiro atoms. The largest absolute Gasteiger partial charge is 0.313 e. The maximum Gasteiger partial charge on any atom is 0.151 e. The molecular formula is C14H28N2O4S2. The summed E-state index contributed by atoms with van der Waals surface area (Å²) in [4.78, 5) is 0. The number of rotatable bonds is 9. The van der Waals surface area contributed by atoms with Gasteiger partial charge < -0.3 is 10.6 Å². The van der Waals surface area contributed by atoms with Crippen LogP contribution in [0.4, 0.5) is 0 Å². The summed E-state index contributed by atoms with van der Waals surface area (Å²) >= 11 is 0. The fourth-order valence-electron chi connectivity index (χ4n) is 3.13. The van der Waals surface area contributed by atoms with Crippen LogP contribution in [0.2, 0.25) is 0 Å².